The van der Waals surface area contributed by atoms with Crippen LogP contribution in [0.5, 0.6) is 5.75 Å². The van der Waals surface area contributed by atoms with Crippen molar-refractivity contribution in [3.63, 3.8) is 0 Å². The molecule has 2 unspecified atom stereocenters. The minimum Gasteiger partial charge on any atom is -0.492 e. The highest BCUT2D eigenvalue weighted by molar-refractivity contribution is 5.87. The summed E-state index contributed by atoms with van der Waals surface area (Å²) in [4.78, 5) is 26.3. The van der Waals surface area contributed by atoms with Gasteiger partial charge in [0, 0.05) is 24.7 Å². The van der Waals surface area contributed by atoms with E-state index in [0.29, 0.717) is 19.7 Å². The molecule has 5 N–H and O–H groups in total. The number of ether oxygens (including phenoxy) is 1. The summed E-state index contributed by atoms with van der Waals surface area (Å²) < 4.78 is 5.94. The van der Waals surface area contributed by atoms with Gasteiger partial charge in [-0.25, -0.2) is 0 Å². The van der Waals surface area contributed by atoms with Crippen LogP contribution in [0.3, 0.4) is 0 Å². The molecular weight excluding hydrogens is 412 g/mol. The van der Waals surface area contributed by atoms with Gasteiger partial charge in [-0.15, -0.1) is 0 Å². The number of para-hydroxylation sites is 1. The molecule has 4 atom stereocenters. The highest BCUT2D eigenvalue weighted by Crippen LogP contribution is 2.35. The maximum Gasteiger partial charge on any atom is 0.240 e. The topological polar surface area (TPSA) is 123 Å². The fraction of sp³-hybridized carbons (Fsp3) is 0.565. The van der Waals surface area contributed by atoms with Crippen molar-refractivity contribution < 1.29 is 24.5 Å². The van der Waals surface area contributed by atoms with Gasteiger partial charge in [0.15, 0.2) is 0 Å². The Bertz CT molecular complexity index is 811. The lowest BCUT2D eigenvalue weighted by Gasteiger charge is -2.37. The van der Waals surface area contributed by atoms with Gasteiger partial charge in [-0.2, -0.15) is 0 Å². The molecule has 1 saturated carbocycles. The molecule has 32 heavy (non-hydrogen) atoms. The lowest BCUT2D eigenvalue weighted by Crippen LogP contribution is -2.60. The molecule has 0 aromatic heterocycles. The Morgan fingerprint density at radius 3 is 2.66 bits per heavy atom. The molecule has 1 aliphatic heterocycles. The zero-order valence-electron chi connectivity index (χ0n) is 18.7. The molecule has 3 rings (SSSR count). The van der Waals surface area contributed by atoms with E-state index in [-0.39, 0.29) is 24.4 Å². The fourth-order valence-corrected chi connectivity index (χ4v) is 3.96. The average Bonchev–Trinajstić information content (AvgIpc) is 3.60. The molecule has 0 saturated heterocycles. The van der Waals surface area contributed by atoms with Gasteiger partial charge in [0.1, 0.15) is 24.6 Å². The third-order valence-corrected chi connectivity index (χ3v) is 5.83. The normalized spacial score (nSPS) is 28.8. The van der Waals surface area contributed by atoms with E-state index in [9.17, 15) is 19.8 Å². The van der Waals surface area contributed by atoms with Crippen LogP contribution in [0.15, 0.2) is 30.3 Å². The molecule has 1 aromatic rings. The number of benzene rings is 1. The second kappa shape index (κ2) is 11.4. The van der Waals surface area contributed by atoms with E-state index < -0.39 is 24.3 Å². The van der Waals surface area contributed by atoms with Crippen molar-refractivity contribution in [2.45, 2.75) is 44.2 Å². The Kier molecular flexibility index (Phi) is 8.63. The smallest absolute Gasteiger partial charge is 0.240 e. The number of fused-ring (bicyclic) bond motifs is 1. The van der Waals surface area contributed by atoms with Crippen LogP contribution in [0.2, 0.25) is 0 Å². The predicted octanol–water partition coefficient (Wildman–Crippen LogP) is -0.308. The minimum atomic E-state index is -1.04. The number of hydrogen-bond acceptors (Lipinski definition) is 7. The van der Waals surface area contributed by atoms with E-state index in [1.165, 1.54) is 11.8 Å². The maximum absolute atomic E-state index is 12.7. The first-order valence-corrected chi connectivity index (χ1v) is 11.1. The Labute approximate surface area is 188 Å². The summed E-state index contributed by atoms with van der Waals surface area (Å²) in [6.45, 7) is 2.50. The Morgan fingerprint density at radius 2 is 1.94 bits per heavy atom. The average molecular weight is 447 g/mol. The first-order chi connectivity index (χ1) is 15.4. The maximum atomic E-state index is 12.7. The second-order valence-corrected chi connectivity index (χ2v) is 8.39. The van der Waals surface area contributed by atoms with E-state index in [0.717, 1.165) is 24.2 Å². The summed E-state index contributed by atoms with van der Waals surface area (Å²) in [6, 6.07) is 6.37. The highest BCUT2D eigenvalue weighted by Gasteiger charge is 2.41. The molecule has 1 heterocycles. The van der Waals surface area contributed by atoms with Crippen molar-refractivity contribution in [3.8, 4) is 5.75 Å². The van der Waals surface area contributed by atoms with E-state index in [1.54, 1.807) is 7.05 Å². The van der Waals surface area contributed by atoms with Crippen molar-refractivity contribution in [3.05, 3.63) is 35.9 Å². The molecule has 9 nitrogen and oxygen atoms in total. The van der Waals surface area contributed by atoms with Crippen LogP contribution in [-0.4, -0.2) is 84.6 Å². The standard InChI is InChI=1S/C23H34N4O5/c1-15(28)21-22(30)26-14-19(29)24-11-5-7-16-6-3-4-8-18(16)32-13-12-25-20(17-9-10-17)23(31)27(21)2/h3-8,15,17,20-21,23,25,28,31H,9-14H2,1-2H3,(H,24,29)(H,26,30)/b7-5+/t15?,20-,21-,23?/m0/s1. The summed E-state index contributed by atoms with van der Waals surface area (Å²) in [7, 11) is 1.61. The molecule has 2 amide bonds. The third kappa shape index (κ3) is 6.52. The Morgan fingerprint density at radius 1 is 1.19 bits per heavy atom. The number of rotatable bonds is 2. The lowest BCUT2D eigenvalue weighted by atomic mass is 10.1. The van der Waals surface area contributed by atoms with Gasteiger partial charge in [0.25, 0.3) is 0 Å². The number of carbonyl (C=O) groups is 2. The van der Waals surface area contributed by atoms with E-state index in [4.69, 9.17) is 4.74 Å². The Hall–Kier alpha value is -2.46. The van der Waals surface area contributed by atoms with Crippen molar-refractivity contribution in [2.24, 2.45) is 5.92 Å². The first-order valence-electron chi connectivity index (χ1n) is 11.1. The van der Waals surface area contributed by atoms with E-state index >= 15 is 0 Å². The molecule has 1 aromatic carbocycles. The molecule has 0 bridgehead atoms. The van der Waals surface area contributed by atoms with Gasteiger partial charge in [-0.3, -0.25) is 14.5 Å². The van der Waals surface area contributed by atoms with Gasteiger partial charge in [0.2, 0.25) is 11.8 Å². The van der Waals surface area contributed by atoms with Crippen LogP contribution in [-0.2, 0) is 9.59 Å². The zero-order valence-corrected chi connectivity index (χ0v) is 18.7. The molecule has 1 fully saturated rings. The summed E-state index contributed by atoms with van der Waals surface area (Å²) in [5, 5.41) is 29.9. The SMILES string of the molecule is CC(O)[C@H]1C(=O)NCC(=O)NC/C=C/c2ccccc2OCCN[C@@H](C2CC2)C(O)N1C. The van der Waals surface area contributed by atoms with Crippen molar-refractivity contribution >= 4 is 17.9 Å². The van der Waals surface area contributed by atoms with Crippen LogP contribution < -0.4 is 20.7 Å². The lowest BCUT2D eigenvalue weighted by molar-refractivity contribution is -0.139. The van der Waals surface area contributed by atoms with E-state index in [1.807, 2.05) is 36.4 Å². The number of aliphatic hydroxyl groups excluding tert-OH is 2. The van der Waals surface area contributed by atoms with Crippen molar-refractivity contribution in [1.29, 1.82) is 0 Å². The minimum absolute atomic E-state index is 0.218. The quantitative estimate of drug-likeness (QED) is 0.422. The van der Waals surface area contributed by atoms with Crippen LogP contribution >= 0.6 is 0 Å². The monoisotopic (exact) mass is 446 g/mol. The van der Waals surface area contributed by atoms with Gasteiger partial charge in [0.05, 0.1) is 12.6 Å². The van der Waals surface area contributed by atoms with Gasteiger partial charge in [-0.1, -0.05) is 30.4 Å². The van der Waals surface area contributed by atoms with Gasteiger partial charge in [-0.05, 0) is 38.8 Å². The second-order valence-electron chi connectivity index (χ2n) is 8.39. The summed E-state index contributed by atoms with van der Waals surface area (Å²) in [5.41, 5.74) is 0.898. The highest BCUT2D eigenvalue weighted by atomic mass is 16.5. The summed E-state index contributed by atoms with van der Waals surface area (Å²) in [5.74, 6) is 0.163. The van der Waals surface area contributed by atoms with Crippen molar-refractivity contribution in [2.75, 3.05) is 33.3 Å². The number of nitrogens with zero attached hydrogens (tertiary/aromatic N) is 1. The molecule has 1 aliphatic carbocycles. The van der Waals surface area contributed by atoms with Crippen LogP contribution in [0.25, 0.3) is 6.08 Å². The number of likely N-dealkylation sites (N-methyl/N-ethyl adjacent to an activating group) is 1. The molecule has 176 valence electrons. The first kappa shape index (κ1) is 24.2. The summed E-state index contributed by atoms with van der Waals surface area (Å²) >= 11 is 0. The number of nitrogens with one attached hydrogen (secondary N) is 3. The molecular formula is C23H34N4O5. The van der Waals surface area contributed by atoms with E-state index in [2.05, 4.69) is 16.0 Å². The molecule has 0 spiro atoms. The fourth-order valence-electron chi connectivity index (χ4n) is 3.96. The van der Waals surface area contributed by atoms with Gasteiger partial charge < -0.3 is 30.9 Å². The summed E-state index contributed by atoms with van der Waals surface area (Å²) in [6.07, 6.45) is 3.64. The van der Waals surface area contributed by atoms with Crippen LogP contribution in [0, 0.1) is 5.92 Å². The van der Waals surface area contributed by atoms with Crippen LogP contribution in [0.1, 0.15) is 25.3 Å². The Balaban J connectivity index is 1.78. The van der Waals surface area contributed by atoms with Crippen molar-refractivity contribution in [1.82, 2.24) is 20.9 Å². The molecule has 0 radical (unpaired) electrons. The molecule has 9 heteroatoms. The zero-order chi connectivity index (χ0) is 23.1. The third-order valence-electron chi connectivity index (χ3n) is 5.83. The van der Waals surface area contributed by atoms with Gasteiger partial charge >= 0.3 is 0 Å². The van der Waals surface area contributed by atoms with Crippen LogP contribution in [0.4, 0.5) is 0 Å². The number of aliphatic hydroxyl groups is 2. The number of amides is 2. The number of hydrogen-bond donors (Lipinski definition) is 5. The number of carbonyl (C=O) groups excluding carboxylic acids is 2. The predicted molar refractivity (Wildman–Crippen MR) is 121 cm³/mol. The molecule has 2 aliphatic rings. The largest absolute Gasteiger partial charge is 0.492 e.